The zero-order valence-electron chi connectivity index (χ0n) is 8.67. The minimum atomic E-state index is -0.377. The van der Waals surface area contributed by atoms with E-state index in [2.05, 4.69) is 5.10 Å². The van der Waals surface area contributed by atoms with Crippen molar-refractivity contribution in [1.82, 2.24) is 9.78 Å². The second kappa shape index (κ2) is 3.30. The van der Waals surface area contributed by atoms with E-state index in [9.17, 15) is 10.1 Å². The molecule has 1 aliphatic carbocycles. The molecule has 0 spiro atoms. The predicted molar refractivity (Wildman–Crippen MR) is 59.1 cm³/mol. The standard InChI is InChI=1S/C11H11N3O2/c15-14(16)10-3-4-11-9(5-10)7-13(12-11)6-8-1-2-8/h3-5,7-8H,1-2,6H2. The Labute approximate surface area is 91.8 Å². The number of hydrogen-bond acceptors (Lipinski definition) is 3. The number of fused-ring (bicyclic) bond motifs is 1. The Hall–Kier alpha value is -1.91. The Morgan fingerprint density at radius 2 is 2.31 bits per heavy atom. The number of rotatable bonds is 3. The van der Waals surface area contributed by atoms with Gasteiger partial charge in [0.05, 0.1) is 10.4 Å². The van der Waals surface area contributed by atoms with Crippen LogP contribution in [0.1, 0.15) is 12.8 Å². The second-order valence-electron chi connectivity index (χ2n) is 4.29. The zero-order chi connectivity index (χ0) is 11.1. The van der Waals surface area contributed by atoms with Crippen LogP contribution in [0.25, 0.3) is 10.9 Å². The highest BCUT2D eigenvalue weighted by Crippen LogP contribution is 2.31. The van der Waals surface area contributed by atoms with E-state index in [1.54, 1.807) is 12.1 Å². The minimum Gasteiger partial charge on any atom is -0.271 e. The molecule has 2 aromatic rings. The van der Waals surface area contributed by atoms with Crippen LogP contribution < -0.4 is 0 Å². The lowest BCUT2D eigenvalue weighted by Crippen LogP contribution is -1.99. The average molecular weight is 217 g/mol. The zero-order valence-corrected chi connectivity index (χ0v) is 8.67. The van der Waals surface area contributed by atoms with Gasteiger partial charge in [-0.25, -0.2) is 0 Å². The van der Waals surface area contributed by atoms with Crippen LogP contribution in [0.4, 0.5) is 5.69 Å². The molecule has 0 N–H and O–H groups in total. The highest BCUT2D eigenvalue weighted by atomic mass is 16.6. The van der Waals surface area contributed by atoms with E-state index >= 15 is 0 Å². The third kappa shape index (κ3) is 1.64. The maximum atomic E-state index is 10.6. The van der Waals surface area contributed by atoms with Gasteiger partial charge in [-0.05, 0) is 24.8 Å². The molecule has 0 aliphatic heterocycles. The molecule has 1 aromatic heterocycles. The maximum Gasteiger partial charge on any atom is 0.270 e. The molecular weight excluding hydrogens is 206 g/mol. The van der Waals surface area contributed by atoms with Crippen molar-refractivity contribution in [3.05, 3.63) is 34.5 Å². The molecule has 1 aromatic carbocycles. The van der Waals surface area contributed by atoms with Crippen LogP contribution in [-0.4, -0.2) is 14.7 Å². The molecule has 0 atom stereocenters. The number of benzene rings is 1. The molecule has 0 amide bonds. The first kappa shape index (κ1) is 9.33. The van der Waals surface area contributed by atoms with Crippen molar-refractivity contribution in [2.45, 2.75) is 19.4 Å². The van der Waals surface area contributed by atoms with E-state index in [0.717, 1.165) is 23.4 Å². The summed E-state index contributed by atoms with van der Waals surface area (Å²) in [5, 5.41) is 15.8. The van der Waals surface area contributed by atoms with Gasteiger partial charge >= 0.3 is 0 Å². The molecule has 0 saturated heterocycles. The molecule has 1 fully saturated rings. The molecule has 0 unspecified atom stereocenters. The summed E-state index contributed by atoms with van der Waals surface area (Å²) in [5.41, 5.74) is 0.949. The van der Waals surface area contributed by atoms with Gasteiger partial charge in [-0.1, -0.05) is 0 Å². The fraction of sp³-hybridized carbons (Fsp3) is 0.364. The summed E-state index contributed by atoms with van der Waals surface area (Å²) >= 11 is 0. The number of aromatic nitrogens is 2. The SMILES string of the molecule is O=[N+]([O-])c1ccc2nn(CC3CC3)cc2c1. The van der Waals surface area contributed by atoms with Gasteiger partial charge in [-0.3, -0.25) is 14.8 Å². The normalized spacial score (nSPS) is 15.5. The first-order valence-electron chi connectivity index (χ1n) is 5.34. The summed E-state index contributed by atoms with van der Waals surface area (Å²) < 4.78 is 1.89. The Balaban J connectivity index is 1.99. The van der Waals surface area contributed by atoms with Crippen LogP contribution in [0.2, 0.25) is 0 Å². The fourth-order valence-electron chi connectivity index (χ4n) is 1.84. The van der Waals surface area contributed by atoms with Crippen LogP contribution in [0.5, 0.6) is 0 Å². The van der Waals surface area contributed by atoms with Crippen molar-refractivity contribution in [3.8, 4) is 0 Å². The summed E-state index contributed by atoms with van der Waals surface area (Å²) in [7, 11) is 0. The molecule has 1 heterocycles. The molecule has 82 valence electrons. The summed E-state index contributed by atoms with van der Waals surface area (Å²) in [4.78, 5) is 10.2. The van der Waals surface area contributed by atoms with Crippen LogP contribution in [-0.2, 0) is 6.54 Å². The number of nitro groups is 1. The monoisotopic (exact) mass is 217 g/mol. The van der Waals surface area contributed by atoms with E-state index in [1.165, 1.54) is 18.9 Å². The Bertz CT molecular complexity index is 557. The third-order valence-electron chi connectivity index (χ3n) is 2.89. The summed E-state index contributed by atoms with van der Waals surface area (Å²) in [6.45, 7) is 0.933. The van der Waals surface area contributed by atoms with Crippen LogP contribution >= 0.6 is 0 Å². The third-order valence-corrected chi connectivity index (χ3v) is 2.89. The molecule has 1 aliphatic rings. The molecule has 0 bridgehead atoms. The van der Waals surface area contributed by atoms with Crippen molar-refractivity contribution in [1.29, 1.82) is 0 Å². The van der Waals surface area contributed by atoms with Gasteiger partial charge in [-0.15, -0.1) is 0 Å². The van der Waals surface area contributed by atoms with Gasteiger partial charge in [0.25, 0.3) is 5.69 Å². The molecular formula is C11H11N3O2. The van der Waals surface area contributed by atoms with Crippen molar-refractivity contribution in [3.63, 3.8) is 0 Å². The summed E-state index contributed by atoms with van der Waals surface area (Å²) in [6, 6.07) is 4.78. The van der Waals surface area contributed by atoms with Crippen molar-refractivity contribution in [2.24, 2.45) is 5.92 Å². The first-order valence-corrected chi connectivity index (χ1v) is 5.34. The molecule has 5 heteroatoms. The van der Waals surface area contributed by atoms with Gasteiger partial charge in [0.15, 0.2) is 0 Å². The average Bonchev–Trinajstić information content (AvgIpc) is 2.96. The molecule has 0 radical (unpaired) electrons. The molecule has 3 rings (SSSR count). The van der Waals surface area contributed by atoms with Crippen LogP contribution in [0, 0.1) is 16.0 Å². The van der Waals surface area contributed by atoms with Gasteiger partial charge in [0.2, 0.25) is 0 Å². The topological polar surface area (TPSA) is 61.0 Å². The maximum absolute atomic E-state index is 10.6. The smallest absolute Gasteiger partial charge is 0.270 e. The van der Waals surface area contributed by atoms with E-state index in [4.69, 9.17) is 0 Å². The van der Waals surface area contributed by atoms with E-state index in [1.807, 2.05) is 10.9 Å². The lowest BCUT2D eigenvalue weighted by Gasteiger charge is -1.95. The number of hydrogen-bond donors (Lipinski definition) is 0. The first-order chi connectivity index (χ1) is 7.72. The lowest BCUT2D eigenvalue weighted by molar-refractivity contribution is -0.384. The molecule has 16 heavy (non-hydrogen) atoms. The number of non-ortho nitro benzene ring substituents is 1. The van der Waals surface area contributed by atoms with Crippen LogP contribution in [0.3, 0.4) is 0 Å². The Morgan fingerprint density at radius 1 is 1.50 bits per heavy atom. The minimum absolute atomic E-state index is 0.124. The summed E-state index contributed by atoms with van der Waals surface area (Å²) in [5.74, 6) is 0.754. The van der Waals surface area contributed by atoms with Crippen molar-refractivity contribution in [2.75, 3.05) is 0 Å². The second-order valence-corrected chi connectivity index (χ2v) is 4.29. The van der Waals surface area contributed by atoms with Gasteiger partial charge in [-0.2, -0.15) is 5.10 Å². The van der Waals surface area contributed by atoms with Crippen molar-refractivity contribution < 1.29 is 4.92 Å². The van der Waals surface area contributed by atoms with E-state index in [-0.39, 0.29) is 10.6 Å². The van der Waals surface area contributed by atoms with E-state index in [0.29, 0.717) is 0 Å². The lowest BCUT2D eigenvalue weighted by atomic mass is 10.2. The number of nitro benzene ring substituents is 1. The van der Waals surface area contributed by atoms with Crippen molar-refractivity contribution >= 4 is 16.6 Å². The van der Waals surface area contributed by atoms with E-state index < -0.39 is 0 Å². The van der Waals surface area contributed by atoms with Crippen LogP contribution in [0.15, 0.2) is 24.4 Å². The quantitative estimate of drug-likeness (QED) is 0.585. The Morgan fingerprint density at radius 3 is 3.00 bits per heavy atom. The predicted octanol–water partition coefficient (Wildman–Crippen LogP) is 2.35. The highest BCUT2D eigenvalue weighted by molar-refractivity contribution is 5.80. The molecule has 5 nitrogen and oxygen atoms in total. The van der Waals surface area contributed by atoms with Gasteiger partial charge in [0, 0.05) is 30.3 Å². The number of nitrogens with zero attached hydrogens (tertiary/aromatic N) is 3. The van der Waals surface area contributed by atoms with Gasteiger partial charge in [0.1, 0.15) is 0 Å². The highest BCUT2D eigenvalue weighted by Gasteiger charge is 2.22. The Kier molecular flexibility index (Phi) is 1.92. The summed E-state index contributed by atoms with van der Waals surface area (Å²) in [6.07, 6.45) is 4.44. The fourth-order valence-corrected chi connectivity index (χ4v) is 1.84. The van der Waals surface area contributed by atoms with Gasteiger partial charge < -0.3 is 0 Å². The largest absolute Gasteiger partial charge is 0.271 e. The molecule has 1 saturated carbocycles.